The molecule has 1 N–H and O–H groups in total. The first-order valence-electron chi connectivity index (χ1n) is 4.99. The highest BCUT2D eigenvalue weighted by Gasteiger charge is 2.29. The molecular formula is C10H10F3N3O. The molecule has 7 heteroatoms. The van der Waals surface area contributed by atoms with Gasteiger partial charge in [0.2, 0.25) is 5.88 Å². The molecule has 0 aliphatic carbocycles. The monoisotopic (exact) mass is 245 g/mol. The van der Waals surface area contributed by atoms with Gasteiger partial charge in [-0.3, -0.25) is 4.99 Å². The Balaban J connectivity index is 2.16. The molecule has 17 heavy (non-hydrogen) atoms. The van der Waals surface area contributed by atoms with Crippen LogP contribution in [0.1, 0.15) is 5.56 Å². The van der Waals surface area contributed by atoms with Gasteiger partial charge in [0.05, 0.1) is 12.1 Å². The molecule has 0 bridgehead atoms. The third-order valence-electron chi connectivity index (χ3n) is 2.07. The van der Waals surface area contributed by atoms with E-state index in [4.69, 9.17) is 0 Å². The Morgan fingerprint density at radius 2 is 2.24 bits per heavy atom. The molecule has 0 spiro atoms. The van der Waals surface area contributed by atoms with E-state index in [9.17, 15) is 13.2 Å². The quantitative estimate of drug-likeness (QED) is 0.874. The van der Waals surface area contributed by atoms with Gasteiger partial charge in [-0.15, -0.1) is 0 Å². The van der Waals surface area contributed by atoms with E-state index >= 15 is 0 Å². The van der Waals surface area contributed by atoms with Crippen molar-refractivity contribution in [2.24, 2.45) is 4.99 Å². The Morgan fingerprint density at radius 3 is 2.88 bits per heavy atom. The average Bonchev–Trinajstić information content (AvgIpc) is 2.79. The first-order chi connectivity index (χ1) is 8.06. The molecule has 0 unspecified atom stereocenters. The first-order valence-corrected chi connectivity index (χ1v) is 4.99. The van der Waals surface area contributed by atoms with Gasteiger partial charge in [-0.25, -0.2) is 4.98 Å². The summed E-state index contributed by atoms with van der Waals surface area (Å²) in [5, 5.41) is 2.96. The van der Waals surface area contributed by atoms with E-state index in [1.165, 1.54) is 6.20 Å². The van der Waals surface area contributed by atoms with Crippen LogP contribution in [0.3, 0.4) is 0 Å². The number of nitrogens with one attached hydrogen (secondary N) is 1. The van der Waals surface area contributed by atoms with Crippen LogP contribution >= 0.6 is 0 Å². The van der Waals surface area contributed by atoms with Gasteiger partial charge in [0.25, 0.3) is 0 Å². The third kappa shape index (κ3) is 3.08. The molecule has 1 aromatic heterocycles. The summed E-state index contributed by atoms with van der Waals surface area (Å²) >= 11 is 0. The summed E-state index contributed by atoms with van der Waals surface area (Å²) in [6, 6.07) is 3.24. The Morgan fingerprint density at radius 1 is 1.41 bits per heavy atom. The predicted molar refractivity (Wildman–Crippen MR) is 55.2 cm³/mol. The van der Waals surface area contributed by atoms with Crippen LogP contribution in [-0.2, 0) is 0 Å². The number of halogens is 3. The second-order valence-corrected chi connectivity index (χ2v) is 3.42. The topological polar surface area (TPSA) is 46.5 Å². The molecule has 92 valence electrons. The molecule has 0 saturated heterocycles. The molecule has 1 aliphatic heterocycles. The number of amidine groups is 1. The summed E-state index contributed by atoms with van der Waals surface area (Å²) in [6.07, 6.45) is -3.00. The van der Waals surface area contributed by atoms with Crippen molar-refractivity contribution in [1.82, 2.24) is 10.3 Å². The van der Waals surface area contributed by atoms with Gasteiger partial charge in [0.1, 0.15) is 5.84 Å². The van der Waals surface area contributed by atoms with Crippen LogP contribution in [0.2, 0.25) is 0 Å². The number of ether oxygens (including phenoxy) is 1. The zero-order valence-electron chi connectivity index (χ0n) is 8.79. The van der Waals surface area contributed by atoms with Crippen molar-refractivity contribution in [3.63, 3.8) is 0 Å². The highest BCUT2D eigenvalue weighted by molar-refractivity contribution is 6.01. The molecule has 2 rings (SSSR count). The lowest BCUT2D eigenvalue weighted by Crippen LogP contribution is -2.23. The summed E-state index contributed by atoms with van der Waals surface area (Å²) in [7, 11) is 0. The van der Waals surface area contributed by atoms with Crippen LogP contribution < -0.4 is 10.1 Å². The van der Waals surface area contributed by atoms with E-state index in [-0.39, 0.29) is 5.88 Å². The van der Waals surface area contributed by atoms with E-state index in [0.717, 1.165) is 0 Å². The van der Waals surface area contributed by atoms with Gasteiger partial charge in [-0.2, -0.15) is 13.2 Å². The lowest BCUT2D eigenvalue weighted by Gasteiger charge is -2.11. The van der Waals surface area contributed by atoms with Gasteiger partial charge in [-0.05, 0) is 12.1 Å². The summed E-state index contributed by atoms with van der Waals surface area (Å²) in [4.78, 5) is 7.90. The number of hydrogen-bond acceptors (Lipinski definition) is 4. The van der Waals surface area contributed by atoms with Gasteiger partial charge in [0.15, 0.2) is 6.61 Å². The second kappa shape index (κ2) is 4.60. The fraction of sp³-hybridized carbons (Fsp3) is 0.400. The fourth-order valence-corrected chi connectivity index (χ4v) is 1.41. The second-order valence-electron chi connectivity index (χ2n) is 3.42. The smallest absolute Gasteiger partial charge is 0.422 e. The van der Waals surface area contributed by atoms with Crippen molar-refractivity contribution in [3.05, 3.63) is 23.9 Å². The molecule has 0 fully saturated rings. The largest absolute Gasteiger partial charge is 0.467 e. The van der Waals surface area contributed by atoms with Crippen molar-refractivity contribution in [2.45, 2.75) is 6.18 Å². The first kappa shape index (κ1) is 11.7. The maximum absolute atomic E-state index is 12.1. The summed E-state index contributed by atoms with van der Waals surface area (Å²) in [5.74, 6) is 0.466. The van der Waals surface area contributed by atoms with Crippen molar-refractivity contribution < 1.29 is 17.9 Å². The zero-order chi connectivity index (χ0) is 12.3. The molecule has 0 radical (unpaired) electrons. The SMILES string of the molecule is FC(F)(F)COc1ncccc1C1=NCCN1. The fourth-order valence-electron chi connectivity index (χ4n) is 1.41. The van der Waals surface area contributed by atoms with E-state index in [2.05, 4.69) is 20.0 Å². The Hall–Kier alpha value is -1.79. The standard InChI is InChI=1S/C10H10F3N3O/c11-10(12,13)6-17-9-7(2-1-3-16-9)8-14-4-5-15-8/h1-3H,4-6H2,(H,14,15). The highest BCUT2D eigenvalue weighted by Crippen LogP contribution is 2.20. The van der Waals surface area contributed by atoms with Crippen molar-refractivity contribution in [3.8, 4) is 5.88 Å². The number of nitrogens with zero attached hydrogens (tertiary/aromatic N) is 2. The molecule has 0 saturated carbocycles. The Kier molecular flexibility index (Phi) is 3.16. The summed E-state index contributed by atoms with van der Waals surface area (Å²) in [6.45, 7) is -0.0871. The predicted octanol–water partition coefficient (Wildman–Crippen LogP) is 1.37. The van der Waals surface area contributed by atoms with Crippen LogP contribution in [0, 0.1) is 0 Å². The highest BCUT2D eigenvalue weighted by atomic mass is 19.4. The minimum Gasteiger partial charge on any atom is -0.467 e. The number of pyridine rings is 1. The van der Waals surface area contributed by atoms with E-state index in [0.29, 0.717) is 24.5 Å². The van der Waals surface area contributed by atoms with Crippen LogP contribution in [0.5, 0.6) is 5.88 Å². The van der Waals surface area contributed by atoms with Crippen molar-refractivity contribution in [2.75, 3.05) is 19.7 Å². The molecule has 0 amide bonds. The van der Waals surface area contributed by atoms with Crippen LogP contribution in [0.25, 0.3) is 0 Å². The zero-order valence-corrected chi connectivity index (χ0v) is 8.79. The van der Waals surface area contributed by atoms with Crippen molar-refractivity contribution in [1.29, 1.82) is 0 Å². The lowest BCUT2D eigenvalue weighted by atomic mass is 10.2. The van der Waals surface area contributed by atoms with Crippen molar-refractivity contribution >= 4 is 5.84 Å². The summed E-state index contributed by atoms with van der Waals surface area (Å²) in [5.41, 5.74) is 0.453. The normalized spacial score (nSPS) is 15.4. The van der Waals surface area contributed by atoms with Crippen LogP contribution in [0.4, 0.5) is 13.2 Å². The molecule has 0 aromatic carbocycles. The summed E-state index contributed by atoms with van der Waals surface area (Å²) < 4.78 is 40.8. The number of aromatic nitrogens is 1. The Bertz CT molecular complexity index is 431. The van der Waals surface area contributed by atoms with E-state index in [1.807, 2.05) is 0 Å². The average molecular weight is 245 g/mol. The van der Waals surface area contributed by atoms with Gasteiger partial charge >= 0.3 is 6.18 Å². The Labute approximate surface area is 95.5 Å². The minimum atomic E-state index is -4.38. The van der Waals surface area contributed by atoms with Gasteiger partial charge in [-0.1, -0.05) is 0 Å². The third-order valence-corrected chi connectivity index (χ3v) is 2.07. The van der Waals surface area contributed by atoms with Crippen LogP contribution in [-0.4, -0.2) is 36.7 Å². The number of hydrogen-bond donors (Lipinski definition) is 1. The minimum absolute atomic E-state index is 0.0574. The lowest BCUT2D eigenvalue weighted by molar-refractivity contribution is -0.154. The number of aliphatic imine (C=N–C) groups is 1. The molecule has 1 aromatic rings. The molecule has 4 nitrogen and oxygen atoms in total. The number of rotatable bonds is 3. The van der Waals surface area contributed by atoms with E-state index < -0.39 is 12.8 Å². The maximum Gasteiger partial charge on any atom is 0.422 e. The van der Waals surface area contributed by atoms with Crippen LogP contribution in [0.15, 0.2) is 23.3 Å². The maximum atomic E-state index is 12.1. The molecule has 1 aliphatic rings. The van der Waals surface area contributed by atoms with E-state index in [1.54, 1.807) is 12.1 Å². The van der Waals surface area contributed by atoms with Gasteiger partial charge < -0.3 is 10.1 Å². The molecule has 2 heterocycles. The van der Waals surface area contributed by atoms with Gasteiger partial charge in [0, 0.05) is 12.7 Å². The number of alkyl halides is 3. The molecular weight excluding hydrogens is 235 g/mol. The molecule has 0 atom stereocenters.